The van der Waals surface area contributed by atoms with Crippen LogP contribution in [0, 0.1) is 6.92 Å². The third-order valence-electron chi connectivity index (χ3n) is 2.48. The quantitative estimate of drug-likeness (QED) is 0.487. The van der Waals surface area contributed by atoms with E-state index < -0.39 is 5.97 Å². The van der Waals surface area contributed by atoms with Crippen LogP contribution in [0.3, 0.4) is 0 Å². The summed E-state index contributed by atoms with van der Waals surface area (Å²) in [6, 6.07) is 14.2. The van der Waals surface area contributed by atoms with E-state index in [0.29, 0.717) is 17.0 Å². The molecule has 0 heterocycles. The standard InChI is InChI=1S/C14H13NO2/c1-10-6-2-5-9-13(10)17-14(16)11-7-3-4-8-12(11)15/h2-9H,15H2,1H3. The molecule has 0 bridgehead atoms. The lowest BCUT2D eigenvalue weighted by molar-refractivity contribution is 0.0734. The van der Waals surface area contributed by atoms with E-state index in [1.807, 2.05) is 25.1 Å². The van der Waals surface area contributed by atoms with E-state index in [1.54, 1.807) is 30.3 Å². The Labute approximate surface area is 99.8 Å². The zero-order valence-electron chi connectivity index (χ0n) is 9.51. The van der Waals surface area contributed by atoms with Crippen LogP contribution in [0.5, 0.6) is 5.75 Å². The molecule has 0 saturated carbocycles. The molecule has 0 radical (unpaired) electrons. The van der Waals surface area contributed by atoms with E-state index in [1.165, 1.54) is 0 Å². The van der Waals surface area contributed by atoms with E-state index in [-0.39, 0.29) is 0 Å². The van der Waals surface area contributed by atoms with Gasteiger partial charge in [-0.1, -0.05) is 30.3 Å². The Kier molecular flexibility index (Phi) is 3.10. The highest BCUT2D eigenvalue weighted by Crippen LogP contribution is 2.19. The Balaban J connectivity index is 2.24. The van der Waals surface area contributed by atoms with Crippen LogP contribution in [-0.4, -0.2) is 5.97 Å². The fourth-order valence-electron chi connectivity index (χ4n) is 1.51. The Morgan fingerprint density at radius 2 is 1.71 bits per heavy atom. The molecule has 2 rings (SSSR count). The van der Waals surface area contributed by atoms with Crippen molar-refractivity contribution >= 4 is 11.7 Å². The molecule has 0 aliphatic rings. The summed E-state index contributed by atoms with van der Waals surface area (Å²) in [5, 5.41) is 0. The van der Waals surface area contributed by atoms with Gasteiger partial charge in [0.15, 0.2) is 0 Å². The molecule has 0 aliphatic heterocycles. The first kappa shape index (κ1) is 11.2. The van der Waals surface area contributed by atoms with Gasteiger partial charge in [-0.15, -0.1) is 0 Å². The van der Waals surface area contributed by atoms with E-state index >= 15 is 0 Å². The minimum Gasteiger partial charge on any atom is -0.423 e. The number of aryl methyl sites for hydroxylation is 1. The first-order valence-electron chi connectivity index (χ1n) is 5.31. The average Bonchev–Trinajstić information content (AvgIpc) is 2.32. The van der Waals surface area contributed by atoms with Crippen molar-refractivity contribution in [3.8, 4) is 5.75 Å². The number of rotatable bonds is 2. The number of nitrogens with two attached hydrogens (primary N) is 1. The van der Waals surface area contributed by atoms with Crippen molar-refractivity contribution in [1.29, 1.82) is 0 Å². The molecule has 17 heavy (non-hydrogen) atoms. The number of esters is 1. The first-order valence-corrected chi connectivity index (χ1v) is 5.31. The minimum atomic E-state index is -0.433. The van der Waals surface area contributed by atoms with Crippen molar-refractivity contribution in [1.82, 2.24) is 0 Å². The number of hydrogen-bond donors (Lipinski definition) is 1. The fourth-order valence-corrected chi connectivity index (χ4v) is 1.51. The number of nitrogen functional groups attached to an aromatic ring is 1. The van der Waals surface area contributed by atoms with Gasteiger partial charge in [0.2, 0.25) is 0 Å². The molecule has 3 heteroatoms. The lowest BCUT2D eigenvalue weighted by Gasteiger charge is -2.08. The monoisotopic (exact) mass is 227 g/mol. The van der Waals surface area contributed by atoms with Crippen molar-refractivity contribution in [3.05, 3.63) is 59.7 Å². The average molecular weight is 227 g/mol. The highest BCUT2D eigenvalue weighted by Gasteiger charge is 2.12. The first-order chi connectivity index (χ1) is 8.18. The van der Waals surface area contributed by atoms with Crippen molar-refractivity contribution in [2.75, 3.05) is 5.73 Å². The van der Waals surface area contributed by atoms with Crippen molar-refractivity contribution in [3.63, 3.8) is 0 Å². The van der Waals surface area contributed by atoms with Crippen molar-refractivity contribution in [2.24, 2.45) is 0 Å². The number of hydrogen-bond acceptors (Lipinski definition) is 3. The summed E-state index contributed by atoms with van der Waals surface area (Å²) in [6.45, 7) is 1.89. The Bertz CT molecular complexity index is 549. The lowest BCUT2D eigenvalue weighted by Crippen LogP contribution is -2.11. The summed E-state index contributed by atoms with van der Waals surface area (Å²) >= 11 is 0. The van der Waals surface area contributed by atoms with Gasteiger partial charge in [0.1, 0.15) is 5.75 Å². The Hall–Kier alpha value is -2.29. The van der Waals surface area contributed by atoms with E-state index in [9.17, 15) is 4.79 Å². The number of anilines is 1. The van der Waals surface area contributed by atoms with Gasteiger partial charge in [0.05, 0.1) is 5.56 Å². The normalized spacial score (nSPS) is 9.94. The summed E-state index contributed by atoms with van der Waals surface area (Å²) in [5.41, 5.74) is 7.43. The molecular weight excluding hydrogens is 214 g/mol. The summed E-state index contributed by atoms with van der Waals surface area (Å²) in [7, 11) is 0. The molecule has 0 spiro atoms. The molecule has 0 aromatic heterocycles. The maximum Gasteiger partial charge on any atom is 0.345 e. The molecule has 0 amide bonds. The molecule has 86 valence electrons. The molecule has 2 aromatic carbocycles. The van der Waals surface area contributed by atoms with E-state index in [2.05, 4.69) is 0 Å². The summed E-state index contributed by atoms with van der Waals surface area (Å²) in [4.78, 5) is 11.9. The molecule has 0 unspecified atom stereocenters. The van der Waals surface area contributed by atoms with Crippen LogP contribution in [-0.2, 0) is 0 Å². The molecular formula is C14H13NO2. The van der Waals surface area contributed by atoms with Crippen LogP contribution in [0.25, 0.3) is 0 Å². The summed E-state index contributed by atoms with van der Waals surface area (Å²) in [5.74, 6) is 0.123. The second-order valence-electron chi connectivity index (χ2n) is 3.74. The third-order valence-corrected chi connectivity index (χ3v) is 2.48. The van der Waals surface area contributed by atoms with Gasteiger partial charge in [-0.05, 0) is 30.7 Å². The number of carbonyl (C=O) groups is 1. The van der Waals surface area contributed by atoms with Gasteiger partial charge < -0.3 is 10.5 Å². The van der Waals surface area contributed by atoms with Crippen LogP contribution in [0.4, 0.5) is 5.69 Å². The molecule has 2 aromatic rings. The van der Waals surface area contributed by atoms with Gasteiger partial charge in [-0.2, -0.15) is 0 Å². The second kappa shape index (κ2) is 4.70. The smallest absolute Gasteiger partial charge is 0.345 e. The Morgan fingerprint density at radius 1 is 1.06 bits per heavy atom. The fraction of sp³-hybridized carbons (Fsp3) is 0.0714. The van der Waals surface area contributed by atoms with Crippen molar-refractivity contribution in [2.45, 2.75) is 6.92 Å². The highest BCUT2D eigenvalue weighted by atomic mass is 16.5. The van der Waals surface area contributed by atoms with Crippen LogP contribution in [0.15, 0.2) is 48.5 Å². The SMILES string of the molecule is Cc1ccccc1OC(=O)c1ccccc1N. The zero-order chi connectivity index (χ0) is 12.3. The maximum absolute atomic E-state index is 11.9. The van der Waals surface area contributed by atoms with Gasteiger partial charge in [-0.3, -0.25) is 0 Å². The van der Waals surface area contributed by atoms with E-state index in [0.717, 1.165) is 5.56 Å². The topological polar surface area (TPSA) is 52.3 Å². The molecule has 0 saturated heterocycles. The van der Waals surface area contributed by atoms with Crippen molar-refractivity contribution < 1.29 is 9.53 Å². The van der Waals surface area contributed by atoms with E-state index in [4.69, 9.17) is 10.5 Å². The van der Waals surface area contributed by atoms with Crippen LogP contribution < -0.4 is 10.5 Å². The van der Waals surface area contributed by atoms with Gasteiger partial charge in [0, 0.05) is 5.69 Å². The molecule has 0 aliphatic carbocycles. The predicted octanol–water partition coefficient (Wildman–Crippen LogP) is 2.80. The molecule has 3 nitrogen and oxygen atoms in total. The highest BCUT2D eigenvalue weighted by molar-refractivity contribution is 5.96. The second-order valence-corrected chi connectivity index (χ2v) is 3.74. The number of benzene rings is 2. The maximum atomic E-state index is 11.9. The third kappa shape index (κ3) is 2.45. The van der Waals surface area contributed by atoms with Crippen LogP contribution in [0.1, 0.15) is 15.9 Å². The number of carbonyl (C=O) groups excluding carboxylic acids is 1. The van der Waals surface area contributed by atoms with Gasteiger partial charge >= 0.3 is 5.97 Å². The minimum absolute atomic E-state index is 0.385. The number of para-hydroxylation sites is 2. The van der Waals surface area contributed by atoms with Crippen LogP contribution in [0.2, 0.25) is 0 Å². The molecule has 0 fully saturated rings. The number of ether oxygens (including phenoxy) is 1. The van der Waals surface area contributed by atoms with Crippen LogP contribution >= 0.6 is 0 Å². The molecule has 2 N–H and O–H groups in total. The summed E-state index contributed by atoms with van der Waals surface area (Å²) < 4.78 is 5.29. The van der Waals surface area contributed by atoms with Gasteiger partial charge in [0.25, 0.3) is 0 Å². The predicted molar refractivity (Wildman–Crippen MR) is 67.0 cm³/mol. The summed E-state index contributed by atoms with van der Waals surface area (Å²) in [6.07, 6.45) is 0. The molecule has 0 atom stereocenters. The largest absolute Gasteiger partial charge is 0.423 e. The Morgan fingerprint density at radius 3 is 2.41 bits per heavy atom. The van der Waals surface area contributed by atoms with Gasteiger partial charge in [-0.25, -0.2) is 4.79 Å². The lowest BCUT2D eigenvalue weighted by atomic mass is 10.2. The zero-order valence-corrected chi connectivity index (χ0v) is 9.51.